The Hall–Kier alpha value is -2.56. The summed E-state index contributed by atoms with van der Waals surface area (Å²) < 4.78 is 7.06. The van der Waals surface area contributed by atoms with Gasteiger partial charge in [-0.25, -0.2) is 4.68 Å². The van der Waals surface area contributed by atoms with Crippen LogP contribution < -0.4 is 16.9 Å². The summed E-state index contributed by atoms with van der Waals surface area (Å²) in [6, 6.07) is 11.8. The van der Waals surface area contributed by atoms with Crippen molar-refractivity contribution < 1.29 is 4.42 Å². The standard InChI is InChI=1S/C13H14N4O/c14-11-10-6-7-18-13(10)17(12(11)15)16-8-9-4-2-1-3-5-9/h1-7,16H,8,14-15H2. The fraction of sp³-hybridized carbons (Fsp3) is 0.0769. The SMILES string of the molecule is Nc1c(N)n(NCc2ccccc2)c2occc12. The molecule has 0 aliphatic heterocycles. The fourth-order valence-electron chi connectivity index (χ4n) is 1.97. The maximum absolute atomic E-state index is 5.94. The molecule has 0 saturated heterocycles. The number of hydrogen-bond acceptors (Lipinski definition) is 4. The highest BCUT2D eigenvalue weighted by molar-refractivity contribution is 5.95. The van der Waals surface area contributed by atoms with E-state index in [1.165, 1.54) is 0 Å². The minimum absolute atomic E-state index is 0.472. The zero-order valence-electron chi connectivity index (χ0n) is 9.76. The zero-order chi connectivity index (χ0) is 12.5. The van der Waals surface area contributed by atoms with Gasteiger partial charge in [0.1, 0.15) is 5.82 Å². The monoisotopic (exact) mass is 242 g/mol. The van der Waals surface area contributed by atoms with E-state index in [4.69, 9.17) is 15.9 Å². The van der Waals surface area contributed by atoms with Gasteiger partial charge in [-0.3, -0.25) is 0 Å². The number of anilines is 2. The Bertz CT molecular complexity index is 669. The molecule has 0 saturated carbocycles. The molecule has 2 heterocycles. The van der Waals surface area contributed by atoms with Crippen molar-refractivity contribution in [3.63, 3.8) is 0 Å². The molecule has 0 aliphatic carbocycles. The van der Waals surface area contributed by atoms with Crippen molar-refractivity contribution in [3.05, 3.63) is 48.2 Å². The van der Waals surface area contributed by atoms with Crippen LogP contribution in [-0.2, 0) is 6.54 Å². The van der Waals surface area contributed by atoms with Crippen LogP contribution in [0, 0.1) is 0 Å². The topological polar surface area (TPSA) is 82.1 Å². The molecule has 5 heteroatoms. The first-order valence-corrected chi connectivity index (χ1v) is 5.68. The first-order valence-electron chi connectivity index (χ1n) is 5.68. The second kappa shape index (κ2) is 4.03. The Kier molecular flexibility index (Phi) is 2.37. The van der Waals surface area contributed by atoms with Gasteiger partial charge in [-0.2, -0.15) is 0 Å². The molecule has 5 N–H and O–H groups in total. The van der Waals surface area contributed by atoms with Crippen LogP contribution in [0.5, 0.6) is 0 Å². The number of nitrogens with two attached hydrogens (primary N) is 2. The van der Waals surface area contributed by atoms with Gasteiger partial charge in [-0.15, -0.1) is 0 Å². The number of nitrogens with zero attached hydrogens (tertiary/aromatic N) is 1. The minimum atomic E-state index is 0.472. The third kappa shape index (κ3) is 1.57. The Morgan fingerprint density at radius 3 is 2.67 bits per heavy atom. The lowest BCUT2D eigenvalue weighted by Crippen LogP contribution is -2.16. The molecule has 0 radical (unpaired) electrons. The van der Waals surface area contributed by atoms with E-state index in [1.54, 1.807) is 10.9 Å². The quantitative estimate of drug-likeness (QED) is 0.657. The predicted molar refractivity (Wildman–Crippen MR) is 72.5 cm³/mol. The molecular formula is C13H14N4O. The van der Waals surface area contributed by atoms with Crippen LogP contribution >= 0.6 is 0 Å². The summed E-state index contributed by atoms with van der Waals surface area (Å²) in [5, 5.41) is 0.827. The van der Waals surface area contributed by atoms with Crippen LogP contribution in [0.25, 0.3) is 11.1 Å². The molecule has 0 bridgehead atoms. The molecule has 0 atom stereocenters. The van der Waals surface area contributed by atoms with Gasteiger partial charge < -0.3 is 21.3 Å². The second-order valence-corrected chi connectivity index (χ2v) is 4.09. The van der Waals surface area contributed by atoms with Crippen molar-refractivity contribution in [2.75, 3.05) is 16.9 Å². The lowest BCUT2D eigenvalue weighted by molar-refractivity contribution is 0.584. The van der Waals surface area contributed by atoms with Gasteiger partial charge in [0.25, 0.3) is 0 Å². The highest BCUT2D eigenvalue weighted by Gasteiger charge is 2.14. The van der Waals surface area contributed by atoms with E-state index in [1.807, 2.05) is 36.4 Å². The summed E-state index contributed by atoms with van der Waals surface area (Å²) in [4.78, 5) is 0. The molecule has 0 aliphatic rings. The number of rotatable bonds is 3. The molecule has 0 unspecified atom stereocenters. The number of aromatic nitrogens is 1. The Morgan fingerprint density at radius 2 is 1.89 bits per heavy atom. The Balaban J connectivity index is 1.91. The average molecular weight is 242 g/mol. The molecular weight excluding hydrogens is 228 g/mol. The van der Waals surface area contributed by atoms with Crippen LogP contribution in [0.2, 0.25) is 0 Å². The number of furan rings is 1. The molecule has 92 valence electrons. The van der Waals surface area contributed by atoms with Gasteiger partial charge in [0.2, 0.25) is 5.71 Å². The van der Waals surface area contributed by atoms with E-state index in [2.05, 4.69) is 5.43 Å². The van der Waals surface area contributed by atoms with Crippen LogP contribution in [0.15, 0.2) is 47.1 Å². The second-order valence-electron chi connectivity index (χ2n) is 4.09. The molecule has 5 nitrogen and oxygen atoms in total. The molecule has 3 rings (SSSR count). The molecule has 18 heavy (non-hydrogen) atoms. The van der Waals surface area contributed by atoms with Crippen LogP contribution in [0.3, 0.4) is 0 Å². The molecule has 1 aromatic carbocycles. The third-order valence-corrected chi connectivity index (χ3v) is 2.94. The molecule has 0 amide bonds. The smallest absolute Gasteiger partial charge is 0.229 e. The van der Waals surface area contributed by atoms with Gasteiger partial charge in [0.05, 0.1) is 23.9 Å². The normalized spacial score (nSPS) is 10.9. The van der Waals surface area contributed by atoms with Crippen molar-refractivity contribution in [3.8, 4) is 0 Å². The summed E-state index contributed by atoms with van der Waals surface area (Å²) in [5.41, 5.74) is 17.4. The van der Waals surface area contributed by atoms with Gasteiger partial charge in [0.15, 0.2) is 0 Å². The van der Waals surface area contributed by atoms with Gasteiger partial charge in [-0.1, -0.05) is 30.3 Å². The lowest BCUT2D eigenvalue weighted by Gasteiger charge is -2.09. The van der Waals surface area contributed by atoms with Crippen molar-refractivity contribution in [2.24, 2.45) is 0 Å². The average Bonchev–Trinajstić information content (AvgIpc) is 2.95. The maximum atomic E-state index is 5.94. The van der Waals surface area contributed by atoms with Gasteiger partial charge in [0, 0.05) is 0 Å². The summed E-state index contributed by atoms with van der Waals surface area (Å²) >= 11 is 0. The van der Waals surface area contributed by atoms with Gasteiger partial charge >= 0.3 is 0 Å². The van der Waals surface area contributed by atoms with Crippen LogP contribution in [0.4, 0.5) is 11.5 Å². The summed E-state index contributed by atoms with van der Waals surface area (Å²) in [6.45, 7) is 0.648. The molecule has 2 aromatic heterocycles. The van der Waals surface area contributed by atoms with Gasteiger partial charge in [-0.05, 0) is 11.6 Å². The van der Waals surface area contributed by atoms with E-state index in [9.17, 15) is 0 Å². The highest BCUT2D eigenvalue weighted by Crippen LogP contribution is 2.30. The van der Waals surface area contributed by atoms with Crippen molar-refractivity contribution in [2.45, 2.75) is 6.54 Å². The number of nitrogens with one attached hydrogen (secondary N) is 1. The van der Waals surface area contributed by atoms with E-state index >= 15 is 0 Å². The van der Waals surface area contributed by atoms with Crippen LogP contribution in [-0.4, -0.2) is 4.68 Å². The van der Waals surface area contributed by atoms with Crippen molar-refractivity contribution >= 4 is 22.6 Å². The van der Waals surface area contributed by atoms with Crippen molar-refractivity contribution in [1.82, 2.24) is 4.68 Å². The molecule has 0 spiro atoms. The predicted octanol–water partition coefficient (Wildman–Crippen LogP) is 2.14. The van der Waals surface area contributed by atoms with E-state index in [-0.39, 0.29) is 0 Å². The Morgan fingerprint density at radius 1 is 1.11 bits per heavy atom. The number of fused-ring (bicyclic) bond motifs is 1. The number of hydrogen-bond donors (Lipinski definition) is 3. The highest BCUT2D eigenvalue weighted by atomic mass is 16.3. The third-order valence-electron chi connectivity index (χ3n) is 2.94. The summed E-state index contributed by atoms with van der Waals surface area (Å²) in [7, 11) is 0. The largest absolute Gasteiger partial charge is 0.446 e. The summed E-state index contributed by atoms with van der Waals surface area (Å²) in [5.74, 6) is 0.472. The first-order chi connectivity index (χ1) is 8.77. The maximum Gasteiger partial charge on any atom is 0.229 e. The zero-order valence-corrected chi connectivity index (χ0v) is 9.76. The van der Waals surface area contributed by atoms with E-state index < -0.39 is 0 Å². The van der Waals surface area contributed by atoms with Crippen molar-refractivity contribution in [1.29, 1.82) is 0 Å². The first kappa shape index (κ1) is 10.6. The van der Waals surface area contributed by atoms with E-state index in [0.717, 1.165) is 10.9 Å². The minimum Gasteiger partial charge on any atom is -0.446 e. The molecule has 0 fully saturated rings. The Labute approximate surface area is 104 Å². The number of nitrogen functional groups attached to an aromatic ring is 2. The van der Waals surface area contributed by atoms with Crippen LogP contribution in [0.1, 0.15) is 5.56 Å². The fourth-order valence-corrected chi connectivity index (χ4v) is 1.97. The molecule has 3 aromatic rings. The van der Waals surface area contributed by atoms with E-state index in [0.29, 0.717) is 23.8 Å². The lowest BCUT2D eigenvalue weighted by atomic mass is 10.2. The summed E-state index contributed by atoms with van der Waals surface area (Å²) in [6.07, 6.45) is 1.60. The number of benzene rings is 1.